The predicted molar refractivity (Wildman–Crippen MR) is 76.6 cm³/mol. The molecule has 2 N–H and O–H groups in total. The molecule has 0 aliphatic carbocycles. The van der Waals surface area contributed by atoms with Gasteiger partial charge >= 0.3 is 0 Å². The fraction of sp³-hybridized carbons (Fsp3) is 0.600. The number of rotatable bonds is 7. The first-order valence-corrected chi connectivity index (χ1v) is 6.76. The maximum absolute atomic E-state index is 5.64. The van der Waals surface area contributed by atoms with Gasteiger partial charge in [-0.1, -0.05) is 26.0 Å². The highest BCUT2D eigenvalue weighted by Gasteiger charge is 2.14. The van der Waals surface area contributed by atoms with Crippen molar-refractivity contribution in [2.75, 3.05) is 18.0 Å². The average Bonchev–Trinajstić information content (AvgIpc) is 2.34. The molecule has 2 heteroatoms. The van der Waals surface area contributed by atoms with Crippen LogP contribution in [0.2, 0.25) is 0 Å². The molecule has 0 spiro atoms. The number of nitrogens with two attached hydrogens (primary N) is 1. The predicted octanol–water partition coefficient (Wildman–Crippen LogP) is 3.34. The van der Waals surface area contributed by atoms with E-state index in [1.807, 2.05) is 0 Å². The molecular weight excluding hydrogens is 208 g/mol. The zero-order valence-electron chi connectivity index (χ0n) is 11.4. The van der Waals surface area contributed by atoms with Gasteiger partial charge in [-0.15, -0.1) is 0 Å². The van der Waals surface area contributed by atoms with Crippen LogP contribution in [0.25, 0.3) is 0 Å². The molecule has 0 heterocycles. The van der Waals surface area contributed by atoms with Gasteiger partial charge in [0.1, 0.15) is 0 Å². The molecule has 0 bridgehead atoms. The van der Waals surface area contributed by atoms with Crippen molar-refractivity contribution in [3.8, 4) is 0 Å². The summed E-state index contributed by atoms with van der Waals surface area (Å²) in [5, 5.41) is 0. The first-order valence-electron chi connectivity index (χ1n) is 6.76. The molecule has 1 aromatic carbocycles. The average molecular weight is 234 g/mol. The number of benzene rings is 1. The topological polar surface area (TPSA) is 29.3 Å². The van der Waals surface area contributed by atoms with Gasteiger partial charge in [-0.3, -0.25) is 0 Å². The summed E-state index contributed by atoms with van der Waals surface area (Å²) in [4.78, 5) is 2.51. The number of aryl methyl sites for hydroxylation is 1. The minimum Gasteiger partial charge on any atom is -0.369 e. The number of anilines is 1. The molecule has 0 amide bonds. The quantitative estimate of drug-likeness (QED) is 0.784. The van der Waals surface area contributed by atoms with E-state index < -0.39 is 0 Å². The fourth-order valence-corrected chi connectivity index (χ4v) is 2.32. The summed E-state index contributed by atoms with van der Waals surface area (Å²) in [6.07, 6.45) is 3.44. The maximum Gasteiger partial charge on any atom is 0.0371 e. The molecule has 2 nitrogen and oxygen atoms in total. The second-order valence-corrected chi connectivity index (χ2v) is 4.64. The molecule has 0 saturated heterocycles. The van der Waals surface area contributed by atoms with E-state index in [0.29, 0.717) is 6.04 Å². The van der Waals surface area contributed by atoms with Crippen molar-refractivity contribution in [1.82, 2.24) is 0 Å². The van der Waals surface area contributed by atoms with E-state index in [9.17, 15) is 0 Å². The molecule has 0 atom stereocenters. The number of hydrogen-bond acceptors (Lipinski definition) is 2. The van der Waals surface area contributed by atoms with Crippen LogP contribution in [0, 0.1) is 6.92 Å². The van der Waals surface area contributed by atoms with Gasteiger partial charge in [-0.2, -0.15) is 0 Å². The second kappa shape index (κ2) is 7.33. The third-order valence-electron chi connectivity index (χ3n) is 3.32. The summed E-state index contributed by atoms with van der Waals surface area (Å²) < 4.78 is 0. The van der Waals surface area contributed by atoms with Gasteiger partial charge in [0.2, 0.25) is 0 Å². The van der Waals surface area contributed by atoms with Crippen LogP contribution in [-0.4, -0.2) is 19.1 Å². The highest BCUT2D eigenvalue weighted by molar-refractivity contribution is 5.49. The minimum atomic E-state index is 0.628. The van der Waals surface area contributed by atoms with Crippen molar-refractivity contribution in [3.63, 3.8) is 0 Å². The summed E-state index contributed by atoms with van der Waals surface area (Å²) in [7, 11) is 0. The molecule has 0 aliphatic rings. The molecule has 0 saturated carbocycles. The van der Waals surface area contributed by atoms with Crippen molar-refractivity contribution in [3.05, 3.63) is 29.8 Å². The first-order chi connectivity index (χ1) is 8.22. The van der Waals surface area contributed by atoms with Crippen LogP contribution in [-0.2, 0) is 0 Å². The summed E-state index contributed by atoms with van der Waals surface area (Å²) in [5.41, 5.74) is 8.31. The van der Waals surface area contributed by atoms with Crippen LogP contribution in [0.15, 0.2) is 24.3 Å². The van der Waals surface area contributed by atoms with Crippen LogP contribution >= 0.6 is 0 Å². The largest absolute Gasteiger partial charge is 0.369 e. The third-order valence-corrected chi connectivity index (χ3v) is 3.32. The lowest BCUT2D eigenvalue weighted by molar-refractivity contribution is 0.548. The van der Waals surface area contributed by atoms with Crippen LogP contribution in [0.5, 0.6) is 0 Å². The Bertz CT molecular complexity index is 318. The molecule has 96 valence electrons. The first kappa shape index (κ1) is 14.0. The van der Waals surface area contributed by atoms with E-state index in [1.54, 1.807) is 0 Å². The molecule has 1 rings (SSSR count). The zero-order valence-corrected chi connectivity index (χ0v) is 11.4. The standard InChI is InChI=1S/C15H26N2/c1-4-14(5-2)17(11-7-10-16)15-9-6-8-13(3)12-15/h6,8-9,12,14H,4-5,7,10-11,16H2,1-3H3. The maximum atomic E-state index is 5.64. The van der Waals surface area contributed by atoms with Crippen LogP contribution in [0.4, 0.5) is 5.69 Å². The second-order valence-electron chi connectivity index (χ2n) is 4.64. The number of nitrogens with zero attached hydrogens (tertiary/aromatic N) is 1. The van der Waals surface area contributed by atoms with Gasteiger partial charge in [-0.05, 0) is 50.4 Å². The van der Waals surface area contributed by atoms with Crippen LogP contribution in [0.1, 0.15) is 38.7 Å². The van der Waals surface area contributed by atoms with Gasteiger partial charge < -0.3 is 10.6 Å². The Morgan fingerprint density at radius 3 is 2.47 bits per heavy atom. The van der Waals surface area contributed by atoms with Gasteiger partial charge in [0.05, 0.1) is 0 Å². The summed E-state index contributed by atoms with van der Waals surface area (Å²) in [5.74, 6) is 0. The SMILES string of the molecule is CCC(CC)N(CCCN)c1cccc(C)c1. The molecule has 0 radical (unpaired) electrons. The van der Waals surface area contributed by atoms with E-state index in [4.69, 9.17) is 5.73 Å². The van der Waals surface area contributed by atoms with Crippen LogP contribution in [0.3, 0.4) is 0 Å². The Kier molecular flexibility index (Phi) is 6.06. The fourth-order valence-electron chi connectivity index (χ4n) is 2.32. The summed E-state index contributed by atoms with van der Waals surface area (Å²) in [6.45, 7) is 8.51. The van der Waals surface area contributed by atoms with E-state index in [2.05, 4.69) is 49.9 Å². The van der Waals surface area contributed by atoms with Crippen LogP contribution < -0.4 is 10.6 Å². The van der Waals surface area contributed by atoms with E-state index in [1.165, 1.54) is 24.1 Å². The Morgan fingerprint density at radius 2 is 1.94 bits per heavy atom. The van der Waals surface area contributed by atoms with Crippen molar-refractivity contribution in [2.24, 2.45) is 5.73 Å². The van der Waals surface area contributed by atoms with Gasteiger partial charge in [0.25, 0.3) is 0 Å². The van der Waals surface area contributed by atoms with Gasteiger partial charge in [0.15, 0.2) is 0 Å². The Hall–Kier alpha value is -1.02. The zero-order chi connectivity index (χ0) is 12.7. The van der Waals surface area contributed by atoms with Crippen molar-refractivity contribution in [1.29, 1.82) is 0 Å². The Labute approximate surface area is 106 Å². The smallest absolute Gasteiger partial charge is 0.0371 e. The minimum absolute atomic E-state index is 0.628. The summed E-state index contributed by atoms with van der Waals surface area (Å²) in [6, 6.07) is 9.40. The molecule has 0 fully saturated rings. The number of hydrogen-bond donors (Lipinski definition) is 1. The molecule has 0 unspecified atom stereocenters. The van der Waals surface area contributed by atoms with Crippen molar-refractivity contribution in [2.45, 2.75) is 46.1 Å². The normalized spacial score (nSPS) is 10.9. The molecular formula is C15H26N2. The molecule has 1 aromatic rings. The van der Waals surface area contributed by atoms with Gasteiger partial charge in [-0.25, -0.2) is 0 Å². The highest BCUT2D eigenvalue weighted by Crippen LogP contribution is 2.21. The lowest BCUT2D eigenvalue weighted by Crippen LogP contribution is -2.36. The molecule has 0 aliphatic heterocycles. The lowest BCUT2D eigenvalue weighted by atomic mass is 10.1. The monoisotopic (exact) mass is 234 g/mol. The Morgan fingerprint density at radius 1 is 1.24 bits per heavy atom. The van der Waals surface area contributed by atoms with E-state index >= 15 is 0 Å². The van der Waals surface area contributed by atoms with E-state index in [-0.39, 0.29) is 0 Å². The third kappa shape index (κ3) is 4.04. The lowest BCUT2D eigenvalue weighted by Gasteiger charge is -2.33. The highest BCUT2D eigenvalue weighted by atomic mass is 15.2. The van der Waals surface area contributed by atoms with Gasteiger partial charge in [0, 0.05) is 18.3 Å². The van der Waals surface area contributed by atoms with Crippen molar-refractivity contribution >= 4 is 5.69 Å². The Balaban J connectivity index is 2.88. The summed E-state index contributed by atoms with van der Waals surface area (Å²) >= 11 is 0. The molecule has 0 aromatic heterocycles. The van der Waals surface area contributed by atoms with Crippen molar-refractivity contribution < 1.29 is 0 Å². The van der Waals surface area contributed by atoms with E-state index in [0.717, 1.165) is 19.5 Å². The molecule has 17 heavy (non-hydrogen) atoms.